The highest BCUT2D eigenvalue weighted by molar-refractivity contribution is 5.79. The lowest BCUT2D eigenvalue weighted by molar-refractivity contribution is -0.138. The summed E-state index contributed by atoms with van der Waals surface area (Å²) < 4.78 is 16.5. The first-order valence-electron chi connectivity index (χ1n) is 9.39. The third-order valence-electron chi connectivity index (χ3n) is 5.00. The molecule has 1 fully saturated rings. The first-order chi connectivity index (χ1) is 13.5. The van der Waals surface area contributed by atoms with Gasteiger partial charge in [-0.15, -0.1) is 0 Å². The maximum absolute atomic E-state index is 12.8. The fourth-order valence-electron chi connectivity index (χ4n) is 3.34. The van der Waals surface area contributed by atoms with Crippen LogP contribution in [0.25, 0.3) is 0 Å². The molecule has 0 N–H and O–H groups in total. The van der Waals surface area contributed by atoms with Gasteiger partial charge in [-0.1, -0.05) is 18.2 Å². The number of hydrogen-bond acceptors (Lipinski definition) is 5. The van der Waals surface area contributed by atoms with Crippen molar-refractivity contribution in [1.82, 2.24) is 4.90 Å². The van der Waals surface area contributed by atoms with Crippen molar-refractivity contribution in [2.75, 3.05) is 52.9 Å². The molecule has 1 aliphatic rings. The van der Waals surface area contributed by atoms with Crippen molar-refractivity contribution in [1.29, 1.82) is 0 Å². The first-order valence-corrected chi connectivity index (χ1v) is 9.39. The van der Waals surface area contributed by atoms with Gasteiger partial charge in [0.2, 0.25) is 5.91 Å². The Hall–Kier alpha value is -2.73. The number of hydrogen-bond donors (Lipinski definition) is 0. The van der Waals surface area contributed by atoms with Gasteiger partial charge in [0.25, 0.3) is 0 Å². The van der Waals surface area contributed by atoms with Crippen LogP contribution >= 0.6 is 0 Å². The van der Waals surface area contributed by atoms with Gasteiger partial charge in [0.05, 0.1) is 33.8 Å². The third kappa shape index (κ3) is 4.57. The Morgan fingerprint density at radius 1 is 1.11 bits per heavy atom. The zero-order valence-corrected chi connectivity index (χ0v) is 17.0. The van der Waals surface area contributed by atoms with Crippen molar-refractivity contribution in [3.63, 3.8) is 0 Å². The zero-order valence-electron chi connectivity index (χ0n) is 17.0. The third-order valence-corrected chi connectivity index (χ3v) is 5.00. The molecule has 2 aromatic carbocycles. The minimum atomic E-state index is -0.0979. The first kappa shape index (κ1) is 20.0. The van der Waals surface area contributed by atoms with E-state index in [9.17, 15) is 4.79 Å². The molecule has 0 bridgehead atoms. The average molecular weight is 384 g/mol. The van der Waals surface area contributed by atoms with Crippen molar-refractivity contribution in [2.24, 2.45) is 0 Å². The summed E-state index contributed by atoms with van der Waals surface area (Å²) in [5.74, 6) is 1.38. The summed E-state index contributed by atoms with van der Waals surface area (Å²) in [5.41, 5.74) is 3.14. The Morgan fingerprint density at radius 2 is 1.82 bits per heavy atom. The van der Waals surface area contributed by atoms with E-state index in [1.807, 2.05) is 37.2 Å². The van der Waals surface area contributed by atoms with Gasteiger partial charge in [0.15, 0.2) is 11.5 Å². The predicted molar refractivity (Wildman–Crippen MR) is 109 cm³/mol. The smallest absolute Gasteiger partial charge is 0.227 e. The van der Waals surface area contributed by atoms with Gasteiger partial charge in [-0.05, 0) is 35.4 Å². The number of benzene rings is 2. The lowest BCUT2D eigenvalue weighted by atomic mass is 10.1. The summed E-state index contributed by atoms with van der Waals surface area (Å²) in [6.45, 7) is 1.71. The molecule has 0 radical (unpaired) electrons. The van der Waals surface area contributed by atoms with Crippen LogP contribution in [0.15, 0.2) is 42.5 Å². The van der Waals surface area contributed by atoms with E-state index in [2.05, 4.69) is 29.2 Å². The van der Waals surface area contributed by atoms with Crippen molar-refractivity contribution in [3.8, 4) is 11.5 Å². The lowest BCUT2D eigenvalue weighted by Crippen LogP contribution is -2.43. The monoisotopic (exact) mass is 384 g/mol. The molecule has 3 rings (SSSR count). The fourth-order valence-corrected chi connectivity index (χ4v) is 3.34. The number of amides is 1. The van der Waals surface area contributed by atoms with E-state index in [0.29, 0.717) is 37.6 Å². The number of methoxy groups -OCH3 is 2. The van der Waals surface area contributed by atoms with Crippen molar-refractivity contribution >= 4 is 11.6 Å². The van der Waals surface area contributed by atoms with Gasteiger partial charge in [0, 0.05) is 26.3 Å². The fraction of sp³-hybridized carbons (Fsp3) is 0.409. The molecule has 0 aliphatic carbocycles. The normalized spacial score (nSPS) is 16.6. The molecule has 2 aromatic rings. The molecule has 1 atom stereocenters. The Morgan fingerprint density at radius 3 is 2.46 bits per heavy atom. The number of nitrogens with zero attached hydrogens (tertiary/aromatic N) is 2. The SMILES string of the molecule is COc1ccc(CC(=O)N2CCOC(c3ccc(N(C)C)cc3)C2)cc1OC. The van der Waals surface area contributed by atoms with Gasteiger partial charge in [-0.3, -0.25) is 4.79 Å². The topological polar surface area (TPSA) is 51.2 Å². The van der Waals surface area contributed by atoms with Gasteiger partial charge in [-0.25, -0.2) is 0 Å². The van der Waals surface area contributed by atoms with Gasteiger partial charge in [-0.2, -0.15) is 0 Å². The minimum absolute atomic E-state index is 0.0884. The standard InChI is InChI=1S/C22H28N2O4/c1-23(2)18-8-6-17(7-9-18)21-15-24(11-12-28-21)22(25)14-16-5-10-19(26-3)20(13-16)27-4/h5-10,13,21H,11-12,14-15H2,1-4H3. The van der Waals surface area contributed by atoms with Gasteiger partial charge < -0.3 is 24.0 Å². The van der Waals surface area contributed by atoms with E-state index in [-0.39, 0.29) is 12.0 Å². The molecular weight excluding hydrogens is 356 g/mol. The van der Waals surface area contributed by atoms with E-state index in [4.69, 9.17) is 14.2 Å². The van der Waals surface area contributed by atoms with Crippen LogP contribution in [0, 0.1) is 0 Å². The highest BCUT2D eigenvalue weighted by Crippen LogP contribution is 2.28. The van der Waals surface area contributed by atoms with E-state index < -0.39 is 0 Å². The number of ether oxygens (including phenoxy) is 3. The van der Waals surface area contributed by atoms with E-state index in [1.165, 1.54) is 0 Å². The van der Waals surface area contributed by atoms with Crippen LogP contribution < -0.4 is 14.4 Å². The maximum Gasteiger partial charge on any atom is 0.227 e. The number of carbonyl (C=O) groups is 1. The highest BCUT2D eigenvalue weighted by Gasteiger charge is 2.25. The number of rotatable bonds is 6. The molecule has 0 spiro atoms. The highest BCUT2D eigenvalue weighted by atomic mass is 16.5. The maximum atomic E-state index is 12.8. The summed E-state index contributed by atoms with van der Waals surface area (Å²) in [5, 5.41) is 0. The molecular formula is C22H28N2O4. The molecule has 1 amide bonds. The van der Waals surface area contributed by atoms with Crippen LogP contribution in [0.2, 0.25) is 0 Å². The molecule has 1 aliphatic heterocycles. The van der Waals surface area contributed by atoms with Crippen LogP contribution in [0.3, 0.4) is 0 Å². The summed E-state index contributed by atoms with van der Waals surface area (Å²) >= 11 is 0. The lowest BCUT2D eigenvalue weighted by Gasteiger charge is -2.33. The van der Waals surface area contributed by atoms with E-state index in [0.717, 1.165) is 16.8 Å². The molecule has 0 saturated carbocycles. The molecule has 28 heavy (non-hydrogen) atoms. The number of anilines is 1. The molecule has 0 aromatic heterocycles. The second-order valence-electron chi connectivity index (χ2n) is 7.05. The Labute approximate surface area is 166 Å². The van der Waals surface area contributed by atoms with Gasteiger partial charge >= 0.3 is 0 Å². The van der Waals surface area contributed by atoms with Gasteiger partial charge in [0.1, 0.15) is 6.10 Å². The van der Waals surface area contributed by atoms with Crippen LogP contribution in [0.1, 0.15) is 17.2 Å². The molecule has 1 saturated heterocycles. The number of carbonyl (C=O) groups excluding carboxylic acids is 1. The Kier molecular flexibility index (Phi) is 6.41. The second kappa shape index (κ2) is 8.97. The summed E-state index contributed by atoms with van der Waals surface area (Å²) in [6.07, 6.45) is 0.228. The summed E-state index contributed by atoms with van der Waals surface area (Å²) in [6, 6.07) is 13.9. The Bertz CT molecular complexity index is 805. The Balaban J connectivity index is 1.66. The average Bonchev–Trinajstić information content (AvgIpc) is 2.73. The van der Waals surface area contributed by atoms with E-state index in [1.54, 1.807) is 14.2 Å². The quantitative estimate of drug-likeness (QED) is 0.767. The molecule has 1 heterocycles. The number of morpholine rings is 1. The van der Waals surface area contributed by atoms with Crippen LogP contribution in [-0.2, 0) is 16.0 Å². The van der Waals surface area contributed by atoms with Crippen molar-refractivity contribution in [2.45, 2.75) is 12.5 Å². The van der Waals surface area contributed by atoms with Crippen LogP contribution in [-0.4, -0.2) is 58.8 Å². The van der Waals surface area contributed by atoms with Crippen LogP contribution in [0.4, 0.5) is 5.69 Å². The van der Waals surface area contributed by atoms with Crippen LogP contribution in [0.5, 0.6) is 11.5 Å². The largest absolute Gasteiger partial charge is 0.493 e. The zero-order chi connectivity index (χ0) is 20.1. The predicted octanol–water partition coefficient (Wildman–Crippen LogP) is 2.91. The van der Waals surface area contributed by atoms with Crippen molar-refractivity contribution < 1.29 is 19.0 Å². The molecule has 6 heteroatoms. The van der Waals surface area contributed by atoms with E-state index >= 15 is 0 Å². The molecule has 150 valence electrons. The second-order valence-corrected chi connectivity index (χ2v) is 7.05. The molecule has 6 nitrogen and oxygen atoms in total. The van der Waals surface area contributed by atoms with Crippen molar-refractivity contribution in [3.05, 3.63) is 53.6 Å². The summed E-state index contributed by atoms with van der Waals surface area (Å²) in [7, 11) is 7.22. The molecule has 1 unspecified atom stereocenters. The minimum Gasteiger partial charge on any atom is -0.493 e. The summed E-state index contributed by atoms with van der Waals surface area (Å²) in [4.78, 5) is 16.8.